The summed E-state index contributed by atoms with van der Waals surface area (Å²) in [7, 11) is 0. The summed E-state index contributed by atoms with van der Waals surface area (Å²) >= 11 is 12.3. The highest BCUT2D eigenvalue weighted by Gasteiger charge is 2.27. The van der Waals surface area contributed by atoms with Crippen LogP contribution in [0.3, 0.4) is 0 Å². The van der Waals surface area contributed by atoms with Crippen molar-refractivity contribution in [1.82, 2.24) is 5.32 Å². The van der Waals surface area contributed by atoms with Gasteiger partial charge in [-0.15, -0.1) is 0 Å². The molecule has 6 heteroatoms. The van der Waals surface area contributed by atoms with E-state index in [0.717, 1.165) is 43.8 Å². The molecule has 2 N–H and O–H groups in total. The van der Waals surface area contributed by atoms with Crippen molar-refractivity contribution in [3.63, 3.8) is 0 Å². The van der Waals surface area contributed by atoms with E-state index in [9.17, 15) is 4.79 Å². The summed E-state index contributed by atoms with van der Waals surface area (Å²) in [6.07, 6.45) is 3.39. The molecule has 0 aliphatic carbocycles. The molecule has 0 saturated carbocycles. The number of quaternary nitrogens is 1. The van der Waals surface area contributed by atoms with Crippen LogP contribution in [0.1, 0.15) is 24.2 Å². The largest absolute Gasteiger partial charge is 0.467 e. The predicted molar refractivity (Wildman–Crippen MR) is 94.1 cm³/mol. The summed E-state index contributed by atoms with van der Waals surface area (Å²) in [5, 5.41) is 4.20. The van der Waals surface area contributed by atoms with Gasteiger partial charge in [0.05, 0.1) is 35.9 Å². The van der Waals surface area contributed by atoms with Crippen LogP contribution in [-0.4, -0.2) is 19.0 Å². The van der Waals surface area contributed by atoms with E-state index in [1.165, 1.54) is 4.90 Å². The van der Waals surface area contributed by atoms with E-state index in [1.807, 2.05) is 24.3 Å². The number of hydrogen-bond acceptors (Lipinski definition) is 2. The number of carbonyl (C=O) groups is 1. The number of rotatable bonds is 5. The van der Waals surface area contributed by atoms with Crippen molar-refractivity contribution in [3.8, 4) is 0 Å². The number of amides is 1. The van der Waals surface area contributed by atoms with Crippen molar-refractivity contribution >= 4 is 29.1 Å². The quantitative estimate of drug-likeness (QED) is 0.853. The lowest BCUT2D eigenvalue weighted by molar-refractivity contribution is -0.919. The predicted octanol–water partition coefficient (Wildman–Crippen LogP) is 2.70. The standard InChI is InChI=1S/C18H20Cl2N2O2/c19-16-5-1-3-14(17(16)20)12-22-8-6-13(7-9-22)18(23)21-11-15-4-2-10-24-15/h1-5,10,13H,6-9,11-12H2,(H,21,23)/p+1. The molecule has 3 rings (SSSR count). The first-order valence-electron chi connectivity index (χ1n) is 8.20. The van der Waals surface area contributed by atoms with Gasteiger partial charge in [-0.1, -0.05) is 35.3 Å². The third kappa shape index (κ3) is 4.32. The Balaban J connectivity index is 1.46. The van der Waals surface area contributed by atoms with E-state index in [4.69, 9.17) is 27.6 Å². The van der Waals surface area contributed by atoms with Crippen molar-refractivity contribution in [2.75, 3.05) is 13.1 Å². The van der Waals surface area contributed by atoms with E-state index in [2.05, 4.69) is 5.32 Å². The lowest BCUT2D eigenvalue weighted by Gasteiger charge is -2.28. The van der Waals surface area contributed by atoms with Crippen LogP contribution in [-0.2, 0) is 17.9 Å². The number of likely N-dealkylation sites (tertiary alicyclic amines) is 1. The monoisotopic (exact) mass is 367 g/mol. The zero-order valence-corrected chi connectivity index (χ0v) is 14.9. The Hall–Kier alpha value is -1.49. The van der Waals surface area contributed by atoms with Crippen LogP contribution in [0.4, 0.5) is 0 Å². The minimum Gasteiger partial charge on any atom is -0.467 e. The molecule has 24 heavy (non-hydrogen) atoms. The Morgan fingerprint density at radius 2 is 2.00 bits per heavy atom. The average Bonchev–Trinajstić information content (AvgIpc) is 3.11. The molecule has 0 atom stereocenters. The van der Waals surface area contributed by atoms with Crippen molar-refractivity contribution in [1.29, 1.82) is 0 Å². The average molecular weight is 368 g/mol. The van der Waals surface area contributed by atoms with Crippen LogP contribution >= 0.6 is 23.2 Å². The number of halogens is 2. The molecule has 0 unspecified atom stereocenters. The summed E-state index contributed by atoms with van der Waals surface area (Å²) in [6.45, 7) is 3.22. The molecule has 1 amide bonds. The normalized spacial score (nSPS) is 20.8. The topological polar surface area (TPSA) is 46.7 Å². The molecule has 2 heterocycles. The fraction of sp³-hybridized carbons (Fsp3) is 0.389. The molecule has 1 aliphatic rings. The lowest BCUT2D eigenvalue weighted by Crippen LogP contribution is -3.11. The van der Waals surface area contributed by atoms with Gasteiger partial charge in [0.1, 0.15) is 12.3 Å². The second-order valence-electron chi connectivity index (χ2n) is 6.21. The summed E-state index contributed by atoms with van der Waals surface area (Å²) in [6, 6.07) is 9.44. The molecule has 1 aliphatic heterocycles. The van der Waals surface area contributed by atoms with Gasteiger partial charge < -0.3 is 14.6 Å². The summed E-state index contributed by atoms with van der Waals surface area (Å²) in [5.74, 6) is 0.979. The Bertz CT molecular complexity index is 680. The number of carbonyl (C=O) groups excluding carboxylic acids is 1. The van der Waals surface area contributed by atoms with Gasteiger partial charge in [-0.3, -0.25) is 4.79 Å². The second-order valence-corrected chi connectivity index (χ2v) is 7.00. The van der Waals surface area contributed by atoms with Gasteiger partial charge in [-0.25, -0.2) is 0 Å². The highest BCUT2D eigenvalue weighted by molar-refractivity contribution is 6.42. The Morgan fingerprint density at radius 1 is 1.21 bits per heavy atom. The summed E-state index contributed by atoms with van der Waals surface area (Å²) in [4.78, 5) is 13.7. The maximum Gasteiger partial charge on any atom is 0.223 e. The zero-order valence-electron chi connectivity index (χ0n) is 13.4. The summed E-state index contributed by atoms with van der Waals surface area (Å²) in [5.41, 5.74) is 1.07. The van der Waals surface area contributed by atoms with Gasteiger partial charge in [0.15, 0.2) is 0 Å². The molecule has 1 saturated heterocycles. The molecular formula is C18H21Cl2N2O2+. The number of benzene rings is 1. The molecule has 1 fully saturated rings. The second kappa shape index (κ2) is 8.06. The minimum absolute atomic E-state index is 0.0820. The molecule has 4 nitrogen and oxygen atoms in total. The van der Waals surface area contributed by atoms with E-state index in [-0.39, 0.29) is 11.8 Å². The molecule has 2 aromatic rings. The Morgan fingerprint density at radius 3 is 2.71 bits per heavy atom. The number of nitrogens with one attached hydrogen (secondary N) is 2. The van der Waals surface area contributed by atoms with Crippen LogP contribution in [0.5, 0.6) is 0 Å². The highest BCUT2D eigenvalue weighted by atomic mass is 35.5. The molecular weight excluding hydrogens is 347 g/mol. The van der Waals surface area contributed by atoms with Crippen molar-refractivity contribution in [2.45, 2.75) is 25.9 Å². The molecule has 128 valence electrons. The molecule has 0 radical (unpaired) electrons. The first-order valence-corrected chi connectivity index (χ1v) is 8.95. The van der Waals surface area contributed by atoms with E-state index < -0.39 is 0 Å². The van der Waals surface area contributed by atoms with Crippen LogP contribution < -0.4 is 10.2 Å². The zero-order chi connectivity index (χ0) is 16.9. The van der Waals surface area contributed by atoms with E-state index in [0.29, 0.717) is 16.6 Å². The third-order valence-corrected chi connectivity index (χ3v) is 5.41. The van der Waals surface area contributed by atoms with Gasteiger partial charge in [0.25, 0.3) is 0 Å². The minimum atomic E-state index is 0.0820. The van der Waals surface area contributed by atoms with E-state index >= 15 is 0 Å². The number of hydrogen-bond donors (Lipinski definition) is 2. The van der Waals surface area contributed by atoms with Gasteiger partial charge in [0.2, 0.25) is 5.91 Å². The Kier molecular flexibility index (Phi) is 5.82. The fourth-order valence-electron chi connectivity index (χ4n) is 3.15. The van der Waals surface area contributed by atoms with E-state index in [1.54, 1.807) is 12.3 Å². The van der Waals surface area contributed by atoms with Crippen LogP contribution in [0.25, 0.3) is 0 Å². The maximum absolute atomic E-state index is 12.3. The molecule has 1 aromatic heterocycles. The smallest absolute Gasteiger partial charge is 0.223 e. The highest BCUT2D eigenvalue weighted by Crippen LogP contribution is 2.25. The summed E-state index contributed by atoms with van der Waals surface area (Å²) < 4.78 is 5.23. The van der Waals surface area contributed by atoms with Gasteiger partial charge in [-0.05, 0) is 18.2 Å². The van der Waals surface area contributed by atoms with Gasteiger partial charge in [-0.2, -0.15) is 0 Å². The van der Waals surface area contributed by atoms with Crippen LogP contribution in [0.2, 0.25) is 10.0 Å². The van der Waals surface area contributed by atoms with Gasteiger partial charge >= 0.3 is 0 Å². The first kappa shape index (κ1) is 17.3. The number of furan rings is 1. The maximum atomic E-state index is 12.3. The number of piperidine rings is 1. The molecule has 1 aromatic carbocycles. The third-order valence-electron chi connectivity index (χ3n) is 4.55. The lowest BCUT2D eigenvalue weighted by atomic mass is 9.95. The van der Waals surface area contributed by atoms with Crippen LogP contribution in [0.15, 0.2) is 41.0 Å². The SMILES string of the molecule is O=C(NCc1ccco1)C1CC[NH+](Cc2cccc(Cl)c2Cl)CC1. The van der Waals surface area contributed by atoms with Crippen molar-refractivity contribution in [2.24, 2.45) is 5.92 Å². The molecule has 0 spiro atoms. The van der Waals surface area contributed by atoms with Crippen LogP contribution in [0, 0.1) is 5.92 Å². The van der Waals surface area contributed by atoms with Crippen molar-refractivity contribution < 1.29 is 14.1 Å². The van der Waals surface area contributed by atoms with Gasteiger partial charge in [0, 0.05) is 24.3 Å². The van der Waals surface area contributed by atoms with Crippen molar-refractivity contribution in [3.05, 3.63) is 58.0 Å². The molecule has 0 bridgehead atoms. The first-order chi connectivity index (χ1) is 11.6. The Labute approximate surface area is 151 Å². The fourth-order valence-corrected chi connectivity index (χ4v) is 3.54.